The first kappa shape index (κ1) is 16.7. The lowest BCUT2D eigenvalue weighted by molar-refractivity contribution is 0.0687. The van der Waals surface area contributed by atoms with E-state index in [0.717, 1.165) is 6.42 Å². The molecule has 1 rings (SSSR count). The third-order valence-electron chi connectivity index (χ3n) is 5.82. The summed E-state index contributed by atoms with van der Waals surface area (Å²) in [5.74, 6) is 0.691. The van der Waals surface area contributed by atoms with Crippen molar-refractivity contribution in [2.45, 2.75) is 83.3 Å². The van der Waals surface area contributed by atoms with Crippen molar-refractivity contribution < 1.29 is 4.43 Å². The molecule has 1 heterocycles. The molecule has 1 aliphatic heterocycles. The maximum absolute atomic E-state index is 6.92. The minimum atomic E-state index is -1.53. The summed E-state index contributed by atoms with van der Waals surface area (Å²) < 4.78 is 6.92. The SMILES string of the molecule is CCC1(CCl)CC[Si](CC)(CC)[Si](CC)(CC)O1. The van der Waals surface area contributed by atoms with Gasteiger partial charge in [-0.1, -0.05) is 52.8 Å². The number of rotatable bonds is 6. The highest BCUT2D eigenvalue weighted by molar-refractivity contribution is 7.40. The molecule has 0 radical (unpaired) electrons. The molecule has 0 aromatic rings. The van der Waals surface area contributed by atoms with Crippen LogP contribution in [-0.2, 0) is 4.43 Å². The van der Waals surface area contributed by atoms with Crippen molar-refractivity contribution in [1.29, 1.82) is 0 Å². The molecular formula is C14H31ClOSi2. The standard InChI is InChI=1S/C14H31ClOSi2/c1-6-14(13-15)11-12-17(7-2,8-3)18(9-4,10-5)16-14/h6-13H2,1-5H3. The molecule has 1 saturated heterocycles. The van der Waals surface area contributed by atoms with Crippen LogP contribution in [0.3, 0.4) is 0 Å². The molecule has 4 heteroatoms. The fraction of sp³-hybridized carbons (Fsp3) is 1.00. The molecule has 18 heavy (non-hydrogen) atoms. The molecule has 0 aliphatic carbocycles. The van der Waals surface area contributed by atoms with Crippen molar-refractivity contribution in [3.05, 3.63) is 0 Å². The minimum absolute atomic E-state index is 0.0145. The van der Waals surface area contributed by atoms with Crippen LogP contribution in [0.15, 0.2) is 0 Å². The highest BCUT2D eigenvalue weighted by Crippen LogP contribution is 2.47. The van der Waals surface area contributed by atoms with Gasteiger partial charge in [0.25, 0.3) is 0 Å². The predicted octanol–water partition coefficient (Wildman–Crippen LogP) is 5.35. The fourth-order valence-electron chi connectivity index (χ4n) is 4.10. The van der Waals surface area contributed by atoms with Gasteiger partial charge in [0.1, 0.15) is 0 Å². The largest absolute Gasteiger partial charge is 0.413 e. The Morgan fingerprint density at radius 3 is 1.89 bits per heavy atom. The van der Waals surface area contributed by atoms with Gasteiger partial charge in [-0.15, -0.1) is 11.6 Å². The molecule has 1 atom stereocenters. The second-order valence-corrected chi connectivity index (χ2v) is 20.2. The Labute approximate surface area is 121 Å². The third kappa shape index (κ3) is 2.48. The van der Waals surface area contributed by atoms with Crippen LogP contribution in [0.4, 0.5) is 0 Å². The van der Waals surface area contributed by atoms with Crippen LogP contribution in [0.5, 0.6) is 0 Å². The van der Waals surface area contributed by atoms with E-state index >= 15 is 0 Å². The summed E-state index contributed by atoms with van der Waals surface area (Å²) in [6, 6.07) is 6.90. The van der Waals surface area contributed by atoms with E-state index in [0.29, 0.717) is 5.88 Å². The lowest BCUT2D eigenvalue weighted by atomic mass is 10.0. The molecule has 0 N–H and O–H groups in total. The first-order valence-corrected chi connectivity index (χ1v) is 14.3. The molecule has 1 nitrogen and oxygen atoms in total. The van der Waals surface area contributed by atoms with E-state index in [1.54, 1.807) is 0 Å². The van der Waals surface area contributed by atoms with E-state index < -0.39 is 15.4 Å². The number of halogens is 1. The maximum atomic E-state index is 6.92. The molecule has 108 valence electrons. The molecule has 0 bridgehead atoms. The van der Waals surface area contributed by atoms with E-state index in [1.807, 2.05) is 0 Å². The Balaban J connectivity index is 3.14. The van der Waals surface area contributed by atoms with Crippen LogP contribution >= 0.6 is 11.6 Å². The van der Waals surface area contributed by atoms with Crippen molar-refractivity contribution in [3.63, 3.8) is 0 Å². The second-order valence-electron chi connectivity index (χ2n) is 5.96. The van der Waals surface area contributed by atoms with Crippen molar-refractivity contribution in [2.24, 2.45) is 0 Å². The van der Waals surface area contributed by atoms with Gasteiger partial charge in [-0.05, 0) is 24.9 Å². The smallest absolute Gasteiger partial charge is 0.180 e. The fourth-order valence-corrected chi connectivity index (χ4v) is 23.5. The Kier molecular flexibility index (Phi) is 5.97. The molecule has 1 unspecified atom stereocenters. The van der Waals surface area contributed by atoms with Crippen LogP contribution in [0, 0.1) is 0 Å². The normalized spacial score (nSPS) is 30.3. The van der Waals surface area contributed by atoms with Crippen molar-refractivity contribution in [3.8, 4) is 0 Å². The second kappa shape index (κ2) is 6.42. The van der Waals surface area contributed by atoms with Gasteiger partial charge in [0.2, 0.25) is 0 Å². The van der Waals surface area contributed by atoms with Gasteiger partial charge < -0.3 is 4.43 Å². The van der Waals surface area contributed by atoms with Gasteiger partial charge in [0.05, 0.1) is 19.1 Å². The topological polar surface area (TPSA) is 9.23 Å². The molecule has 0 aromatic heterocycles. The monoisotopic (exact) mass is 306 g/mol. The predicted molar refractivity (Wildman–Crippen MR) is 87.7 cm³/mol. The molecule has 1 aliphatic rings. The Morgan fingerprint density at radius 2 is 1.56 bits per heavy atom. The number of hydrogen-bond acceptors (Lipinski definition) is 1. The zero-order chi connectivity index (χ0) is 13.9. The average Bonchev–Trinajstić information content (AvgIpc) is 2.46. The molecule has 1 fully saturated rings. The summed E-state index contributed by atoms with van der Waals surface area (Å²) in [6.07, 6.45) is 2.30. The van der Waals surface area contributed by atoms with Crippen LogP contribution < -0.4 is 0 Å². The molecule has 0 aromatic carbocycles. The lowest BCUT2D eigenvalue weighted by Crippen LogP contribution is -2.70. The summed E-state index contributed by atoms with van der Waals surface area (Å²) in [7, 11) is -2.71. The molecule has 0 amide bonds. The van der Waals surface area contributed by atoms with E-state index in [-0.39, 0.29) is 5.60 Å². The number of alkyl halides is 1. The quantitative estimate of drug-likeness (QED) is 0.475. The molecular weight excluding hydrogens is 276 g/mol. The van der Waals surface area contributed by atoms with Gasteiger partial charge in [-0.25, -0.2) is 0 Å². The summed E-state index contributed by atoms with van der Waals surface area (Å²) in [6.45, 7) is 11.8. The Hall–Kier alpha value is 0.684. The van der Waals surface area contributed by atoms with Crippen LogP contribution in [-0.4, -0.2) is 26.9 Å². The van der Waals surface area contributed by atoms with Crippen LogP contribution in [0.1, 0.15) is 47.5 Å². The van der Waals surface area contributed by atoms with Crippen LogP contribution in [0.2, 0.25) is 30.2 Å². The average molecular weight is 307 g/mol. The van der Waals surface area contributed by atoms with Crippen molar-refractivity contribution >= 4 is 27.0 Å². The van der Waals surface area contributed by atoms with Gasteiger partial charge >= 0.3 is 0 Å². The summed E-state index contributed by atoms with van der Waals surface area (Å²) in [5, 5.41) is 0. The van der Waals surface area contributed by atoms with Crippen molar-refractivity contribution in [1.82, 2.24) is 0 Å². The minimum Gasteiger partial charge on any atom is -0.413 e. The molecule has 0 saturated carbocycles. The first-order chi connectivity index (χ1) is 8.53. The van der Waals surface area contributed by atoms with Gasteiger partial charge in [0, 0.05) is 0 Å². The zero-order valence-corrected chi connectivity index (χ0v) is 15.7. The summed E-state index contributed by atoms with van der Waals surface area (Å²) in [4.78, 5) is 0. The maximum Gasteiger partial charge on any atom is 0.180 e. The lowest BCUT2D eigenvalue weighted by Gasteiger charge is -2.56. The highest BCUT2D eigenvalue weighted by Gasteiger charge is 2.58. The van der Waals surface area contributed by atoms with Gasteiger partial charge in [0.15, 0.2) is 7.83 Å². The van der Waals surface area contributed by atoms with E-state index in [4.69, 9.17) is 16.0 Å². The zero-order valence-electron chi connectivity index (χ0n) is 12.9. The van der Waals surface area contributed by atoms with E-state index in [2.05, 4.69) is 34.6 Å². The van der Waals surface area contributed by atoms with Gasteiger partial charge in [-0.2, -0.15) is 0 Å². The summed E-state index contributed by atoms with van der Waals surface area (Å²) in [5.41, 5.74) is 0.0145. The van der Waals surface area contributed by atoms with Crippen molar-refractivity contribution in [2.75, 3.05) is 5.88 Å². The van der Waals surface area contributed by atoms with E-state index in [1.165, 1.54) is 36.6 Å². The van der Waals surface area contributed by atoms with Crippen LogP contribution in [0.25, 0.3) is 0 Å². The molecule has 0 spiro atoms. The number of hydrogen-bond donors (Lipinski definition) is 0. The Morgan fingerprint density at radius 1 is 1.00 bits per heavy atom. The highest BCUT2D eigenvalue weighted by atomic mass is 35.5. The third-order valence-corrected chi connectivity index (χ3v) is 26.4. The Bertz CT molecular complexity index is 259. The van der Waals surface area contributed by atoms with Gasteiger partial charge in [-0.3, -0.25) is 0 Å². The van der Waals surface area contributed by atoms with E-state index in [9.17, 15) is 0 Å². The summed E-state index contributed by atoms with van der Waals surface area (Å²) >= 11 is 6.27. The first-order valence-electron chi connectivity index (χ1n) is 7.79.